The molecule has 0 aromatic carbocycles. The van der Waals surface area contributed by atoms with E-state index < -0.39 is 0 Å². The maximum Gasteiger partial charge on any atom is 0.267 e. The number of nitrogens with one attached hydrogen (secondary N) is 2. The highest BCUT2D eigenvalue weighted by atomic mass is 16.2. The van der Waals surface area contributed by atoms with Crippen LogP contribution in [0.3, 0.4) is 0 Å². The van der Waals surface area contributed by atoms with Crippen LogP contribution in [0.2, 0.25) is 0 Å². The number of carbonyl (C=O) groups is 1. The lowest BCUT2D eigenvalue weighted by Gasteiger charge is -2.49. The van der Waals surface area contributed by atoms with E-state index in [1.807, 2.05) is 24.3 Å². The number of hydrogen-bond donors (Lipinski definition) is 2. The van der Waals surface area contributed by atoms with E-state index in [1.54, 1.807) is 12.4 Å². The minimum Gasteiger partial charge on any atom is -0.351 e. The molecule has 23 heavy (non-hydrogen) atoms. The van der Waals surface area contributed by atoms with Gasteiger partial charge in [0, 0.05) is 35.7 Å². The zero-order valence-corrected chi connectivity index (χ0v) is 13.3. The Kier molecular flexibility index (Phi) is 3.65. The molecule has 2 aromatic heterocycles. The molecule has 0 saturated carbocycles. The Bertz CT molecular complexity index is 686. The van der Waals surface area contributed by atoms with E-state index in [4.69, 9.17) is 0 Å². The predicted molar refractivity (Wildman–Crippen MR) is 89.0 cm³/mol. The highest BCUT2D eigenvalue weighted by Crippen LogP contribution is 2.32. The van der Waals surface area contributed by atoms with Gasteiger partial charge in [-0.25, -0.2) is 0 Å². The van der Waals surface area contributed by atoms with Gasteiger partial charge < -0.3 is 10.3 Å². The number of aromatic amines is 1. The van der Waals surface area contributed by atoms with Crippen molar-refractivity contribution >= 4 is 5.91 Å². The molecular weight excluding hydrogens is 288 g/mol. The zero-order valence-electron chi connectivity index (χ0n) is 13.3. The quantitative estimate of drug-likeness (QED) is 0.914. The van der Waals surface area contributed by atoms with Crippen molar-refractivity contribution in [3.05, 3.63) is 42.4 Å². The summed E-state index contributed by atoms with van der Waals surface area (Å²) in [7, 11) is 0. The molecule has 0 spiro atoms. The second-order valence-electron chi connectivity index (χ2n) is 6.63. The number of H-pyrrole nitrogens is 1. The van der Waals surface area contributed by atoms with E-state index in [0.29, 0.717) is 17.7 Å². The number of pyridine rings is 1. The minimum atomic E-state index is -0.00379. The lowest BCUT2D eigenvalue weighted by atomic mass is 9.79. The minimum absolute atomic E-state index is 0.00379. The second-order valence-corrected chi connectivity index (χ2v) is 6.63. The van der Waals surface area contributed by atoms with Crippen LogP contribution in [0.1, 0.15) is 30.3 Å². The van der Waals surface area contributed by atoms with E-state index in [-0.39, 0.29) is 11.9 Å². The van der Waals surface area contributed by atoms with Gasteiger partial charge in [-0.3, -0.25) is 14.7 Å². The highest BCUT2D eigenvalue weighted by Gasteiger charge is 2.40. The number of aromatic nitrogens is 2. The fourth-order valence-corrected chi connectivity index (χ4v) is 4.00. The van der Waals surface area contributed by atoms with E-state index in [2.05, 4.69) is 27.1 Å². The first-order chi connectivity index (χ1) is 11.2. The number of carbonyl (C=O) groups excluding carboxylic acids is 1. The number of hydrogen-bond acceptors (Lipinski definition) is 3. The number of piperidine rings is 3. The molecule has 120 valence electrons. The van der Waals surface area contributed by atoms with Gasteiger partial charge in [0.1, 0.15) is 5.69 Å². The molecule has 5 nitrogen and oxygen atoms in total. The molecule has 3 fully saturated rings. The predicted octanol–water partition coefficient (Wildman–Crippen LogP) is 2.29. The van der Waals surface area contributed by atoms with Crippen molar-refractivity contribution in [1.82, 2.24) is 20.2 Å². The first-order valence-corrected chi connectivity index (χ1v) is 8.37. The summed E-state index contributed by atoms with van der Waals surface area (Å²) in [5, 5.41) is 3.26. The first kappa shape index (κ1) is 14.5. The number of fused-ring (bicyclic) bond motifs is 3. The van der Waals surface area contributed by atoms with Crippen molar-refractivity contribution in [3.8, 4) is 11.3 Å². The first-order valence-electron chi connectivity index (χ1n) is 8.37. The van der Waals surface area contributed by atoms with Crippen LogP contribution >= 0.6 is 0 Å². The number of rotatable bonds is 3. The van der Waals surface area contributed by atoms with Gasteiger partial charge in [0.05, 0.1) is 0 Å². The maximum atomic E-state index is 12.6. The lowest BCUT2D eigenvalue weighted by Crippen LogP contribution is -2.62. The average Bonchev–Trinajstić information content (AvgIpc) is 3.09. The SMILES string of the molecule is C[C@@H]1[C@H](NC(=O)c2ccc(-c3ccncc3)[nH]2)C2CCN1CC2. The van der Waals surface area contributed by atoms with Crippen molar-refractivity contribution in [2.45, 2.75) is 31.8 Å². The molecule has 3 saturated heterocycles. The van der Waals surface area contributed by atoms with Gasteiger partial charge in [-0.2, -0.15) is 0 Å². The Labute approximate surface area is 136 Å². The van der Waals surface area contributed by atoms with Crippen LogP contribution in [0.5, 0.6) is 0 Å². The van der Waals surface area contributed by atoms with Gasteiger partial charge in [-0.1, -0.05) is 0 Å². The normalized spacial score (nSPS) is 29.4. The van der Waals surface area contributed by atoms with Crippen LogP contribution in [-0.4, -0.2) is 45.9 Å². The van der Waals surface area contributed by atoms with E-state index >= 15 is 0 Å². The molecule has 5 heteroatoms. The van der Waals surface area contributed by atoms with Gasteiger partial charge >= 0.3 is 0 Å². The molecule has 2 bridgehead atoms. The average molecular weight is 310 g/mol. The zero-order chi connectivity index (χ0) is 15.8. The topological polar surface area (TPSA) is 61.0 Å². The summed E-state index contributed by atoms with van der Waals surface area (Å²) in [6.45, 7) is 4.58. The molecular formula is C18H22N4O. The molecule has 2 atom stereocenters. The Morgan fingerprint density at radius 3 is 2.65 bits per heavy atom. The van der Waals surface area contributed by atoms with Crippen LogP contribution < -0.4 is 5.32 Å². The Hall–Kier alpha value is -2.14. The summed E-state index contributed by atoms with van der Waals surface area (Å²) in [6, 6.07) is 8.37. The molecule has 0 radical (unpaired) electrons. The van der Waals surface area contributed by atoms with Crippen LogP contribution in [0, 0.1) is 5.92 Å². The fraction of sp³-hybridized carbons (Fsp3) is 0.444. The van der Waals surface area contributed by atoms with E-state index in [1.165, 1.54) is 25.9 Å². The van der Waals surface area contributed by atoms with Gasteiger partial charge in [0.15, 0.2) is 0 Å². The molecule has 3 aliphatic rings. The molecule has 5 rings (SSSR count). The summed E-state index contributed by atoms with van der Waals surface area (Å²) >= 11 is 0. The van der Waals surface area contributed by atoms with Gasteiger partial charge in [-0.15, -0.1) is 0 Å². The summed E-state index contributed by atoms with van der Waals surface area (Å²) in [4.78, 5) is 22.3. The molecule has 0 unspecified atom stereocenters. The van der Waals surface area contributed by atoms with Gasteiger partial charge in [-0.05, 0) is 63.0 Å². The van der Waals surface area contributed by atoms with Crippen molar-refractivity contribution in [2.75, 3.05) is 13.1 Å². The third-order valence-electron chi connectivity index (χ3n) is 5.40. The molecule has 5 heterocycles. The van der Waals surface area contributed by atoms with Crippen molar-refractivity contribution in [2.24, 2.45) is 5.92 Å². The summed E-state index contributed by atoms with van der Waals surface area (Å²) < 4.78 is 0. The third-order valence-corrected chi connectivity index (χ3v) is 5.40. The Morgan fingerprint density at radius 1 is 1.22 bits per heavy atom. The lowest BCUT2D eigenvalue weighted by molar-refractivity contribution is 0.0216. The van der Waals surface area contributed by atoms with Crippen LogP contribution in [-0.2, 0) is 0 Å². The molecule has 2 N–H and O–H groups in total. The monoisotopic (exact) mass is 310 g/mol. The van der Waals surface area contributed by atoms with Gasteiger partial charge in [0.25, 0.3) is 5.91 Å². The van der Waals surface area contributed by atoms with Crippen LogP contribution in [0.15, 0.2) is 36.7 Å². The smallest absolute Gasteiger partial charge is 0.267 e. The summed E-state index contributed by atoms with van der Waals surface area (Å²) in [5.74, 6) is 0.615. The molecule has 1 amide bonds. The molecule has 3 aliphatic heterocycles. The third kappa shape index (κ3) is 2.65. The Morgan fingerprint density at radius 2 is 1.96 bits per heavy atom. The summed E-state index contributed by atoms with van der Waals surface area (Å²) in [5.41, 5.74) is 2.61. The van der Waals surface area contributed by atoms with Crippen molar-refractivity contribution in [1.29, 1.82) is 0 Å². The second kappa shape index (κ2) is 5.81. The van der Waals surface area contributed by atoms with E-state index in [0.717, 1.165) is 11.3 Å². The molecule has 2 aromatic rings. The maximum absolute atomic E-state index is 12.6. The summed E-state index contributed by atoms with van der Waals surface area (Å²) in [6.07, 6.45) is 5.90. The highest BCUT2D eigenvalue weighted by molar-refractivity contribution is 5.93. The Balaban J connectivity index is 1.49. The fourth-order valence-electron chi connectivity index (χ4n) is 4.00. The number of nitrogens with zero attached hydrogens (tertiary/aromatic N) is 2. The largest absolute Gasteiger partial charge is 0.351 e. The standard InChI is InChI=1S/C18H22N4O/c1-12-17(14-6-10-22(12)11-7-14)21-18(23)16-3-2-15(20-16)13-4-8-19-9-5-13/h2-5,8-9,12,14,17,20H,6-7,10-11H2,1H3,(H,21,23)/t12-,17+/m1/s1. The van der Waals surface area contributed by atoms with Crippen molar-refractivity contribution in [3.63, 3.8) is 0 Å². The van der Waals surface area contributed by atoms with Crippen LogP contribution in [0.4, 0.5) is 0 Å². The molecule has 0 aliphatic carbocycles. The van der Waals surface area contributed by atoms with Crippen LogP contribution in [0.25, 0.3) is 11.3 Å². The van der Waals surface area contributed by atoms with E-state index in [9.17, 15) is 4.79 Å². The van der Waals surface area contributed by atoms with Crippen molar-refractivity contribution < 1.29 is 4.79 Å². The number of amides is 1. The van der Waals surface area contributed by atoms with Gasteiger partial charge in [0.2, 0.25) is 0 Å².